The molecule has 0 fully saturated rings. The monoisotopic (exact) mass is 126 g/mol. The van der Waals surface area contributed by atoms with Crippen molar-refractivity contribution in [2.75, 3.05) is 0 Å². The highest BCUT2D eigenvalue weighted by molar-refractivity contribution is 7.79. The van der Waals surface area contributed by atoms with Crippen LogP contribution in [0.4, 0.5) is 0 Å². The lowest BCUT2D eigenvalue weighted by Gasteiger charge is -1.82. The number of allylic oxidation sites excluding steroid dienone is 4. The normalized spacial score (nSPS) is 12.5. The van der Waals surface area contributed by atoms with Gasteiger partial charge in [0.1, 0.15) is 0 Å². The topological polar surface area (TPSA) is 0 Å². The Labute approximate surface area is 55.9 Å². The third kappa shape index (κ3) is 3.75. The van der Waals surface area contributed by atoms with Gasteiger partial charge < -0.3 is 0 Å². The molecule has 0 saturated carbocycles. The molecule has 0 saturated heterocycles. The van der Waals surface area contributed by atoms with Crippen LogP contribution in [0.25, 0.3) is 0 Å². The van der Waals surface area contributed by atoms with Gasteiger partial charge in [-0.05, 0) is 19.9 Å². The van der Waals surface area contributed by atoms with Crippen molar-refractivity contribution in [3.05, 3.63) is 23.8 Å². The van der Waals surface area contributed by atoms with Crippen LogP contribution in [0.15, 0.2) is 23.8 Å². The Morgan fingerprint density at radius 1 is 1.50 bits per heavy atom. The fourth-order valence-corrected chi connectivity index (χ4v) is 0.640. The summed E-state index contributed by atoms with van der Waals surface area (Å²) in [6, 6.07) is 0. The molecule has 0 amide bonds. The van der Waals surface area contributed by atoms with Crippen LogP contribution in [-0.4, -0.2) is 5.37 Å². The third-order valence-electron chi connectivity index (χ3n) is 0.760. The first kappa shape index (κ1) is 7.57. The summed E-state index contributed by atoms with van der Waals surface area (Å²) < 4.78 is 0. The van der Waals surface area contributed by atoms with Crippen molar-refractivity contribution in [2.24, 2.45) is 0 Å². The smallest absolute Gasteiger partial charge is 0.00161 e. The largest absolute Gasteiger partial charge is 0.0887 e. The number of hydrogen-bond donors (Lipinski definition) is 0. The molecule has 44 valence electrons. The van der Waals surface area contributed by atoms with E-state index in [1.807, 2.05) is 32.1 Å². The van der Waals surface area contributed by atoms with Gasteiger partial charge in [0.2, 0.25) is 0 Å². The second kappa shape index (κ2) is 4.72. The first-order valence-electron chi connectivity index (χ1n) is 2.56. The minimum absolute atomic E-state index is 1.20. The van der Waals surface area contributed by atoms with E-state index in [0.29, 0.717) is 0 Å². The predicted molar refractivity (Wildman–Crippen MR) is 42.2 cm³/mol. The average Bonchev–Trinajstić information content (AvgIpc) is 1.68. The van der Waals surface area contributed by atoms with Gasteiger partial charge in [0.15, 0.2) is 0 Å². The Bertz CT molecular complexity index is 120. The van der Waals surface area contributed by atoms with Crippen LogP contribution in [0.5, 0.6) is 0 Å². The molecule has 0 aliphatic carbocycles. The van der Waals surface area contributed by atoms with Gasteiger partial charge in [-0.2, -0.15) is 0 Å². The van der Waals surface area contributed by atoms with Crippen molar-refractivity contribution in [1.82, 2.24) is 0 Å². The summed E-state index contributed by atoms with van der Waals surface area (Å²) >= 11 is 4.61. The lowest BCUT2D eigenvalue weighted by Crippen LogP contribution is -1.65. The van der Waals surface area contributed by atoms with Gasteiger partial charge in [-0.3, -0.25) is 0 Å². The van der Waals surface area contributed by atoms with Crippen LogP contribution >= 0.6 is 12.2 Å². The Kier molecular flexibility index (Phi) is 4.47. The first-order valence-corrected chi connectivity index (χ1v) is 3.03. The molecule has 0 N–H and O–H groups in total. The van der Waals surface area contributed by atoms with Crippen molar-refractivity contribution in [3.63, 3.8) is 0 Å². The molecule has 1 heteroatoms. The second-order valence-corrected chi connectivity index (χ2v) is 1.82. The second-order valence-electron chi connectivity index (χ2n) is 1.55. The van der Waals surface area contributed by atoms with E-state index in [2.05, 4.69) is 12.2 Å². The van der Waals surface area contributed by atoms with Gasteiger partial charge in [-0.15, -0.1) is 0 Å². The van der Waals surface area contributed by atoms with Crippen molar-refractivity contribution in [2.45, 2.75) is 13.8 Å². The van der Waals surface area contributed by atoms with E-state index in [9.17, 15) is 0 Å². The molecule has 0 unspecified atom stereocenters. The van der Waals surface area contributed by atoms with Gasteiger partial charge >= 0.3 is 0 Å². The van der Waals surface area contributed by atoms with Crippen LogP contribution in [0, 0.1) is 0 Å². The number of hydrogen-bond acceptors (Lipinski definition) is 1. The van der Waals surface area contributed by atoms with E-state index in [1.54, 1.807) is 5.37 Å². The highest BCUT2D eigenvalue weighted by Gasteiger charge is 1.72. The summed E-state index contributed by atoms with van der Waals surface area (Å²) in [5.41, 5.74) is 1.20. The molecular formula is C7H10S. The minimum Gasteiger partial charge on any atom is -0.0887 e. The molecule has 0 aliphatic heterocycles. The van der Waals surface area contributed by atoms with Crippen LogP contribution < -0.4 is 0 Å². The minimum atomic E-state index is 1.20. The molecule has 8 heavy (non-hydrogen) atoms. The van der Waals surface area contributed by atoms with E-state index in [1.165, 1.54) is 5.57 Å². The predicted octanol–water partition coefficient (Wildman–Crippen LogP) is 2.51. The zero-order valence-corrected chi connectivity index (χ0v) is 6.03. The Hall–Kier alpha value is -0.430. The number of thiocarbonyl (C=S) groups is 1. The van der Waals surface area contributed by atoms with Crippen LogP contribution in [-0.2, 0) is 0 Å². The van der Waals surface area contributed by atoms with E-state index < -0.39 is 0 Å². The van der Waals surface area contributed by atoms with Gasteiger partial charge in [-0.25, -0.2) is 0 Å². The Morgan fingerprint density at radius 2 is 2.12 bits per heavy atom. The van der Waals surface area contributed by atoms with E-state index in [-0.39, 0.29) is 0 Å². The highest BCUT2D eigenvalue weighted by Crippen LogP contribution is 1.91. The molecule has 0 aromatic carbocycles. The molecule has 0 spiro atoms. The van der Waals surface area contributed by atoms with Crippen molar-refractivity contribution < 1.29 is 0 Å². The molecule has 0 aromatic heterocycles. The van der Waals surface area contributed by atoms with Gasteiger partial charge in [0.25, 0.3) is 0 Å². The highest BCUT2D eigenvalue weighted by atomic mass is 32.1. The zero-order chi connectivity index (χ0) is 6.41. The molecular weight excluding hydrogens is 116 g/mol. The maximum atomic E-state index is 4.61. The van der Waals surface area contributed by atoms with E-state index in [4.69, 9.17) is 0 Å². The molecule has 0 aromatic rings. The van der Waals surface area contributed by atoms with Crippen LogP contribution in [0.1, 0.15) is 13.8 Å². The molecule has 0 radical (unpaired) electrons. The lowest BCUT2D eigenvalue weighted by atomic mass is 10.3. The molecule has 0 atom stereocenters. The zero-order valence-electron chi connectivity index (χ0n) is 5.22. The van der Waals surface area contributed by atoms with Crippen LogP contribution in [0.3, 0.4) is 0 Å². The van der Waals surface area contributed by atoms with Gasteiger partial charge in [0, 0.05) is 5.37 Å². The molecule has 0 nitrogen and oxygen atoms in total. The summed E-state index contributed by atoms with van der Waals surface area (Å²) in [4.78, 5) is 0. The van der Waals surface area contributed by atoms with Gasteiger partial charge in [0.05, 0.1) is 0 Å². The van der Waals surface area contributed by atoms with E-state index >= 15 is 0 Å². The summed E-state index contributed by atoms with van der Waals surface area (Å²) in [6.45, 7) is 4.00. The van der Waals surface area contributed by atoms with Crippen molar-refractivity contribution >= 4 is 17.6 Å². The summed E-state index contributed by atoms with van der Waals surface area (Å²) in [5, 5.41) is 1.62. The van der Waals surface area contributed by atoms with Crippen molar-refractivity contribution in [3.8, 4) is 0 Å². The number of rotatable bonds is 2. The summed E-state index contributed by atoms with van der Waals surface area (Å²) in [5.74, 6) is 0. The SMILES string of the molecule is C/C=C\C(C)=C/C=S. The first-order chi connectivity index (χ1) is 3.81. The van der Waals surface area contributed by atoms with Crippen molar-refractivity contribution in [1.29, 1.82) is 0 Å². The van der Waals surface area contributed by atoms with E-state index in [0.717, 1.165) is 0 Å². The lowest BCUT2D eigenvalue weighted by molar-refractivity contribution is 1.52. The maximum Gasteiger partial charge on any atom is 0.00161 e. The Balaban J connectivity index is 3.79. The standard InChI is InChI=1S/C7H10S/c1-3-4-7(2)5-6-8/h3-6H,1-2H3/b4-3-,7-5-. The third-order valence-corrected chi connectivity index (χ3v) is 0.897. The summed E-state index contributed by atoms with van der Waals surface area (Å²) in [7, 11) is 0. The summed E-state index contributed by atoms with van der Waals surface area (Å²) in [6.07, 6.45) is 5.91. The molecule has 0 rings (SSSR count). The maximum absolute atomic E-state index is 4.61. The van der Waals surface area contributed by atoms with Gasteiger partial charge in [-0.1, -0.05) is 29.9 Å². The molecule has 0 bridgehead atoms. The Morgan fingerprint density at radius 3 is 2.50 bits per heavy atom. The fourth-order valence-electron chi connectivity index (χ4n) is 0.426. The fraction of sp³-hybridized carbons (Fsp3) is 0.286. The molecule has 0 aliphatic rings. The quantitative estimate of drug-likeness (QED) is 0.311. The van der Waals surface area contributed by atoms with Crippen LogP contribution in [0.2, 0.25) is 0 Å². The average molecular weight is 126 g/mol. The molecule has 0 heterocycles.